The number of rotatable bonds is 6. The van der Waals surface area contributed by atoms with E-state index in [9.17, 15) is 36.6 Å². The van der Waals surface area contributed by atoms with Crippen LogP contribution in [0.25, 0.3) is 21.8 Å². The van der Waals surface area contributed by atoms with E-state index in [1.165, 1.54) is 12.1 Å². The summed E-state index contributed by atoms with van der Waals surface area (Å²) in [4.78, 5) is 7.73. The minimum atomic E-state index is -5.59. The van der Waals surface area contributed by atoms with E-state index < -0.39 is 46.8 Å². The molecular weight excluding hydrogens is 430 g/mol. The molecule has 0 unspecified atom stereocenters. The lowest BCUT2D eigenvalue weighted by Crippen LogP contribution is -2.42. The maximum absolute atomic E-state index is 14.0. The van der Waals surface area contributed by atoms with E-state index in [1.807, 2.05) is 6.92 Å². The summed E-state index contributed by atoms with van der Waals surface area (Å²) >= 11 is 0. The molecule has 0 amide bonds. The molecule has 31 heavy (non-hydrogen) atoms. The predicted octanol–water partition coefficient (Wildman–Crippen LogP) is 4.82. The molecule has 0 saturated carbocycles. The van der Waals surface area contributed by atoms with Crippen molar-refractivity contribution in [1.29, 1.82) is 0 Å². The molecule has 2 N–H and O–H groups in total. The normalized spacial score (nSPS) is 13.3. The van der Waals surface area contributed by atoms with Crippen molar-refractivity contribution in [1.82, 2.24) is 9.97 Å². The Morgan fingerprint density at radius 2 is 1.71 bits per heavy atom. The Morgan fingerprint density at radius 3 is 2.32 bits per heavy atom. The standard InChI is InChI=1S/C20H18F6N2O3/c1-2-3-7-31-10-11-9-28-16-12-5-4-6-27-17(12)14(18(29,30)20(24,25)26)8-13(16)15(11)19(21,22)23/h4-6,8-9,29-30H,2-3,7,10H2,1H3. The van der Waals surface area contributed by atoms with Crippen molar-refractivity contribution < 1.29 is 41.3 Å². The molecule has 2 aromatic heterocycles. The number of pyridine rings is 2. The van der Waals surface area contributed by atoms with E-state index in [0.29, 0.717) is 12.5 Å². The number of halogens is 6. The first-order chi connectivity index (χ1) is 14.4. The van der Waals surface area contributed by atoms with Crippen molar-refractivity contribution in [2.75, 3.05) is 6.61 Å². The topological polar surface area (TPSA) is 75.5 Å². The van der Waals surface area contributed by atoms with Gasteiger partial charge in [0.05, 0.1) is 23.2 Å². The van der Waals surface area contributed by atoms with Gasteiger partial charge >= 0.3 is 12.4 Å². The molecule has 168 valence electrons. The number of fused-ring (bicyclic) bond motifs is 3. The average molecular weight is 448 g/mol. The molecule has 0 atom stereocenters. The Hall–Kier alpha value is -2.50. The van der Waals surface area contributed by atoms with Gasteiger partial charge in [-0.15, -0.1) is 0 Å². The second-order valence-electron chi connectivity index (χ2n) is 6.95. The third-order valence-electron chi connectivity index (χ3n) is 4.76. The van der Waals surface area contributed by atoms with Crippen molar-refractivity contribution in [3.8, 4) is 0 Å². The zero-order chi connectivity index (χ0) is 23.0. The molecule has 3 aromatic rings. The van der Waals surface area contributed by atoms with Crippen LogP contribution in [-0.2, 0) is 23.3 Å². The van der Waals surface area contributed by atoms with Gasteiger partial charge in [-0.05, 0) is 24.6 Å². The Kier molecular flexibility index (Phi) is 6.14. The van der Waals surface area contributed by atoms with Gasteiger partial charge in [-0.2, -0.15) is 26.3 Å². The fourth-order valence-electron chi connectivity index (χ4n) is 3.24. The zero-order valence-corrected chi connectivity index (χ0v) is 16.2. The maximum Gasteiger partial charge on any atom is 0.447 e. The second kappa shape index (κ2) is 8.21. The third-order valence-corrected chi connectivity index (χ3v) is 4.76. The second-order valence-corrected chi connectivity index (χ2v) is 6.95. The Morgan fingerprint density at radius 1 is 1.00 bits per heavy atom. The van der Waals surface area contributed by atoms with E-state index in [-0.39, 0.29) is 23.1 Å². The molecule has 3 rings (SSSR count). The molecule has 0 aliphatic carbocycles. The van der Waals surface area contributed by atoms with Crippen molar-refractivity contribution >= 4 is 21.8 Å². The number of nitrogens with zero attached hydrogens (tertiary/aromatic N) is 2. The average Bonchev–Trinajstić information content (AvgIpc) is 2.68. The summed E-state index contributed by atoms with van der Waals surface area (Å²) in [6.07, 6.45) is -7.13. The summed E-state index contributed by atoms with van der Waals surface area (Å²) in [5.74, 6) is -4.43. The van der Waals surface area contributed by atoms with Gasteiger partial charge in [0.2, 0.25) is 0 Å². The van der Waals surface area contributed by atoms with Gasteiger partial charge in [0.25, 0.3) is 5.79 Å². The van der Waals surface area contributed by atoms with Crippen LogP contribution in [0.5, 0.6) is 0 Å². The molecule has 0 radical (unpaired) electrons. The van der Waals surface area contributed by atoms with Gasteiger partial charge < -0.3 is 14.9 Å². The van der Waals surface area contributed by atoms with Crippen LogP contribution in [0.15, 0.2) is 30.6 Å². The fraction of sp³-hybridized carbons (Fsp3) is 0.400. The molecule has 0 aliphatic rings. The molecule has 1 aromatic carbocycles. The lowest BCUT2D eigenvalue weighted by molar-refractivity contribution is -0.357. The highest BCUT2D eigenvalue weighted by Crippen LogP contribution is 2.44. The quantitative estimate of drug-likeness (QED) is 0.245. The minimum absolute atomic E-state index is 0.185. The maximum atomic E-state index is 14.0. The van der Waals surface area contributed by atoms with Gasteiger partial charge in [0.15, 0.2) is 0 Å². The van der Waals surface area contributed by atoms with E-state index in [4.69, 9.17) is 4.74 Å². The number of unbranched alkanes of at least 4 members (excludes halogenated alkanes) is 1. The Balaban J connectivity index is 2.36. The number of ether oxygens (including phenoxy) is 1. The van der Waals surface area contributed by atoms with E-state index in [1.54, 1.807) is 0 Å². The van der Waals surface area contributed by atoms with Gasteiger partial charge in [-0.3, -0.25) is 9.97 Å². The van der Waals surface area contributed by atoms with Gasteiger partial charge in [0, 0.05) is 40.9 Å². The van der Waals surface area contributed by atoms with Crippen LogP contribution in [0.4, 0.5) is 26.3 Å². The zero-order valence-electron chi connectivity index (χ0n) is 16.2. The number of aliphatic hydroxyl groups is 2. The summed E-state index contributed by atoms with van der Waals surface area (Å²) < 4.78 is 87.1. The first-order valence-electron chi connectivity index (χ1n) is 9.25. The largest absolute Gasteiger partial charge is 0.447 e. The fourth-order valence-corrected chi connectivity index (χ4v) is 3.24. The van der Waals surface area contributed by atoms with Crippen molar-refractivity contribution in [3.63, 3.8) is 0 Å². The van der Waals surface area contributed by atoms with Crippen molar-refractivity contribution in [2.45, 2.75) is 44.5 Å². The highest BCUT2D eigenvalue weighted by atomic mass is 19.4. The summed E-state index contributed by atoms with van der Waals surface area (Å²) in [6, 6.07) is 2.95. The number of aromatic nitrogens is 2. The molecule has 0 saturated heterocycles. The SMILES string of the molecule is CCCCOCc1cnc2c(cc(C(O)(O)C(F)(F)F)c3ncccc32)c1C(F)(F)F. The number of hydrogen-bond acceptors (Lipinski definition) is 5. The Labute approximate surface area is 172 Å². The summed E-state index contributed by atoms with van der Waals surface area (Å²) in [5, 5.41) is 18.7. The van der Waals surface area contributed by atoms with Crippen LogP contribution in [0.2, 0.25) is 0 Å². The van der Waals surface area contributed by atoms with Crippen LogP contribution in [0.1, 0.15) is 36.5 Å². The molecule has 5 nitrogen and oxygen atoms in total. The van der Waals surface area contributed by atoms with Crippen molar-refractivity contribution in [3.05, 3.63) is 47.3 Å². The smallest absolute Gasteiger partial charge is 0.377 e. The van der Waals surface area contributed by atoms with Gasteiger partial charge in [0.1, 0.15) is 0 Å². The van der Waals surface area contributed by atoms with Crippen LogP contribution in [-0.4, -0.2) is 33.0 Å². The van der Waals surface area contributed by atoms with E-state index in [0.717, 1.165) is 18.8 Å². The summed E-state index contributed by atoms with van der Waals surface area (Å²) in [5.41, 5.74) is -3.64. The predicted molar refractivity (Wildman–Crippen MR) is 98.8 cm³/mol. The first-order valence-corrected chi connectivity index (χ1v) is 9.25. The highest BCUT2D eigenvalue weighted by molar-refractivity contribution is 6.07. The van der Waals surface area contributed by atoms with Crippen LogP contribution < -0.4 is 0 Å². The first kappa shape index (κ1) is 23.2. The lowest BCUT2D eigenvalue weighted by Gasteiger charge is -2.26. The number of alkyl halides is 6. The number of hydrogen-bond donors (Lipinski definition) is 2. The summed E-state index contributed by atoms with van der Waals surface area (Å²) in [6.45, 7) is 1.61. The minimum Gasteiger partial charge on any atom is -0.377 e. The van der Waals surface area contributed by atoms with E-state index in [2.05, 4.69) is 9.97 Å². The summed E-state index contributed by atoms with van der Waals surface area (Å²) in [7, 11) is 0. The molecule has 0 aliphatic heterocycles. The Bertz CT molecular complexity index is 1100. The van der Waals surface area contributed by atoms with Crippen LogP contribution >= 0.6 is 0 Å². The number of benzene rings is 1. The molecule has 0 fully saturated rings. The third kappa shape index (κ3) is 4.30. The molecule has 0 bridgehead atoms. The lowest BCUT2D eigenvalue weighted by atomic mass is 9.94. The van der Waals surface area contributed by atoms with Gasteiger partial charge in [-0.25, -0.2) is 0 Å². The van der Waals surface area contributed by atoms with Crippen LogP contribution in [0, 0.1) is 0 Å². The highest BCUT2D eigenvalue weighted by Gasteiger charge is 2.55. The molecule has 0 spiro atoms. The molecule has 11 heteroatoms. The monoisotopic (exact) mass is 448 g/mol. The molecule has 2 heterocycles. The van der Waals surface area contributed by atoms with Crippen LogP contribution in [0.3, 0.4) is 0 Å². The van der Waals surface area contributed by atoms with Crippen molar-refractivity contribution in [2.24, 2.45) is 0 Å². The molecular formula is C20H18F6N2O3. The van der Waals surface area contributed by atoms with Gasteiger partial charge in [-0.1, -0.05) is 13.3 Å². The van der Waals surface area contributed by atoms with E-state index >= 15 is 0 Å².